The molecule has 1 aromatic rings. The van der Waals surface area contributed by atoms with Gasteiger partial charge in [0.2, 0.25) is 11.8 Å². The van der Waals surface area contributed by atoms with Crippen molar-refractivity contribution in [1.29, 1.82) is 0 Å². The van der Waals surface area contributed by atoms with Gasteiger partial charge in [-0.15, -0.1) is 0 Å². The van der Waals surface area contributed by atoms with Gasteiger partial charge >= 0.3 is 6.18 Å². The number of nitrogens with one attached hydrogen (secondary N) is 2. The topological polar surface area (TPSA) is 61.4 Å². The van der Waals surface area contributed by atoms with Crippen LogP contribution in [0.1, 0.15) is 13.8 Å². The first-order chi connectivity index (χ1) is 10.7. The van der Waals surface area contributed by atoms with Gasteiger partial charge in [-0.05, 0) is 26.0 Å². The van der Waals surface area contributed by atoms with Crippen LogP contribution in [0.25, 0.3) is 0 Å². The quantitative estimate of drug-likeness (QED) is 0.799. The highest BCUT2D eigenvalue weighted by atomic mass is 19.4. The van der Waals surface area contributed by atoms with Crippen LogP contribution in [-0.2, 0) is 9.59 Å². The normalized spacial score (nSPS) is 12.4. The molecule has 0 heterocycles. The largest absolute Gasteiger partial charge is 0.405 e. The molecule has 0 aromatic heterocycles. The van der Waals surface area contributed by atoms with E-state index in [-0.39, 0.29) is 6.54 Å². The number of para-hydroxylation sites is 1. The molecule has 0 aliphatic rings. The summed E-state index contributed by atoms with van der Waals surface area (Å²) >= 11 is 0. The zero-order valence-electron chi connectivity index (χ0n) is 13.0. The molecule has 0 spiro atoms. The van der Waals surface area contributed by atoms with Crippen molar-refractivity contribution in [2.24, 2.45) is 0 Å². The monoisotopic (exact) mass is 331 g/mol. The minimum absolute atomic E-state index is 0.0113. The average molecular weight is 331 g/mol. The second-order valence-corrected chi connectivity index (χ2v) is 4.97. The van der Waals surface area contributed by atoms with Crippen molar-refractivity contribution in [2.45, 2.75) is 26.1 Å². The van der Waals surface area contributed by atoms with E-state index in [1.165, 1.54) is 6.92 Å². The predicted molar refractivity (Wildman–Crippen MR) is 81.0 cm³/mol. The molecule has 1 atom stereocenters. The van der Waals surface area contributed by atoms with Crippen LogP contribution in [0.2, 0.25) is 0 Å². The Labute approximate surface area is 132 Å². The number of hydrogen-bond donors (Lipinski definition) is 2. The maximum atomic E-state index is 12.0. The molecule has 0 aliphatic heterocycles. The van der Waals surface area contributed by atoms with Gasteiger partial charge < -0.3 is 15.5 Å². The molecule has 0 fully saturated rings. The lowest BCUT2D eigenvalue weighted by molar-refractivity contribution is -0.140. The summed E-state index contributed by atoms with van der Waals surface area (Å²) in [4.78, 5) is 25.2. The first kappa shape index (κ1) is 18.8. The number of carbonyl (C=O) groups excluding carboxylic acids is 2. The molecule has 8 heteroatoms. The smallest absolute Gasteiger partial charge is 0.363 e. The number of hydrogen-bond acceptors (Lipinski definition) is 3. The fourth-order valence-corrected chi connectivity index (χ4v) is 1.89. The van der Waals surface area contributed by atoms with Crippen LogP contribution in [0.3, 0.4) is 0 Å². The molecule has 2 amide bonds. The van der Waals surface area contributed by atoms with Crippen molar-refractivity contribution in [2.75, 3.05) is 24.5 Å². The number of benzene rings is 1. The second-order valence-electron chi connectivity index (χ2n) is 4.97. The van der Waals surface area contributed by atoms with Crippen LogP contribution in [0.4, 0.5) is 18.9 Å². The Morgan fingerprint density at radius 3 is 2.35 bits per heavy atom. The van der Waals surface area contributed by atoms with Crippen molar-refractivity contribution in [3.63, 3.8) is 0 Å². The summed E-state index contributed by atoms with van der Waals surface area (Å²) in [5.41, 5.74) is 0.847. The van der Waals surface area contributed by atoms with Crippen LogP contribution in [0.15, 0.2) is 30.3 Å². The van der Waals surface area contributed by atoms with Gasteiger partial charge in [0.25, 0.3) is 0 Å². The summed E-state index contributed by atoms with van der Waals surface area (Å²) in [5.74, 6) is -1.32. The third-order valence-electron chi connectivity index (χ3n) is 3.07. The molecule has 0 bridgehead atoms. The average Bonchev–Trinajstić information content (AvgIpc) is 2.50. The van der Waals surface area contributed by atoms with Crippen LogP contribution < -0.4 is 15.5 Å². The Kier molecular flexibility index (Phi) is 6.87. The number of amides is 2. The Morgan fingerprint density at radius 2 is 1.83 bits per heavy atom. The maximum Gasteiger partial charge on any atom is 0.405 e. The molecule has 0 saturated heterocycles. The van der Waals surface area contributed by atoms with Gasteiger partial charge in [-0.1, -0.05) is 18.2 Å². The van der Waals surface area contributed by atoms with Gasteiger partial charge in [0.05, 0.1) is 6.54 Å². The van der Waals surface area contributed by atoms with E-state index in [0.29, 0.717) is 6.54 Å². The van der Waals surface area contributed by atoms with Gasteiger partial charge in [0.15, 0.2) is 0 Å². The van der Waals surface area contributed by atoms with Crippen molar-refractivity contribution < 1.29 is 22.8 Å². The molecule has 0 saturated carbocycles. The van der Waals surface area contributed by atoms with E-state index in [2.05, 4.69) is 5.32 Å². The first-order valence-corrected chi connectivity index (χ1v) is 7.16. The van der Waals surface area contributed by atoms with Gasteiger partial charge in [-0.3, -0.25) is 9.59 Å². The fourth-order valence-electron chi connectivity index (χ4n) is 1.89. The van der Waals surface area contributed by atoms with Crippen molar-refractivity contribution >= 4 is 17.5 Å². The lowest BCUT2D eigenvalue weighted by Gasteiger charge is -2.23. The third-order valence-corrected chi connectivity index (χ3v) is 3.07. The third kappa shape index (κ3) is 7.03. The molecule has 0 radical (unpaired) electrons. The molecule has 23 heavy (non-hydrogen) atoms. The van der Waals surface area contributed by atoms with Gasteiger partial charge in [-0.25, -0.2) is 0 Å². The van der Waals surface area contributed by atoms with Gasteiger partial charge in [0, 0.05) is 12.2 Å². The van der Waals surface area contributed by atoms with E-state index in [1.807, 2.05) is 37.3 Å². The summed E-state index contributed by atoms with van der Waals surface area (Å²) in [7, 11) is 0. The van der Waals surface area contributed by atoms with Crippen molar-refractivity contribution in [3.05, 3.63) is 30.3 Å². The van der Waals surface area contributed by atoms with E-state index in [4.69, 9.17) is 0 Å². The predicted octanol–water partition coefficient (Wildman–Crippen LogP) is 1.70. The molecule has 0 unspecified atom stereocenters. The minimum atomic E-state index is -4.48. The van der Waals surface area contributed by atoms with E-state index < -0.39 is 30.6 Å². The number of anilines is 1. The molecule has 5 nitrogen and oxygen atoms in total. The lowest BCUT2D eigenvalue weighted by Crippen LogP contribution is -2.49. The Morgan fingerprint density at radius 1 is 1.22 bits per heavy atom. The summed E-state index contributed by atoms with van der Waals surface area (Å²) in [6.07, 6.45) is -4.48. The number of rotatable bonds is 7. The second kappa shape index (κ2) is 8.40. The Hall–Kier alpha value is -2.25. The number of carbonyl (C=O) groups is 2. The molecular weight excluding hydrogens is 311 g/mol. The molecule has 0 aliphatic carbocycles. The van der Waals surface area contributed by atoms with Crippen LogP contribution in [0, 0.1) is 0 Å². The highest BCUT2D eigenvalue weighted by Gasteiger charge is 2.29. The van der Waals surface area contributed by atoms with Crippen LogP contribution >= 0.6 is 0 Å². The maximum absolute atomic E-state index is 12.0. The van der Waals surface area contributed by atoms with Gasteiger partial charge in [-0.2, -0.15) is 13.2 Å². The standard InChI is InChI=1S/C15H20F3N3O2/c1-3-21(12-7-5-4-6-8-12)9-13(22)20-11(2)14(23)19-10-15(16,17)18/h4-8,11H,3,9-10H2,1-2H3,(H,19,23)(H,20,22)/t11-/m0/s1. The summed E-state index contributed by atoms with van der Waals surface area (Å²) in [5, 5.41) is 4.12. The SMILES string of the molecule is CCN(CC(=O)N[C@@H](C)C(=O)NCC(F)(F)F)c1ccccc1. The number of halogens is 3. The fraction of sp³-hybridized carbons (Fsp3) is 0.467. The Bertz CT molecular complexity index is 520. The summed E-state index contributed by atoms with van der Waals surface area (Å²) in [6, 6.07) is 8.17. The molecule has 2 N–H and O–H groups in total. The number of nitrogens with zero attached hydrogens (tertiary/aromatic N) is 1. The Balaban J connectivity index is 2.50. The van der Waals surface area contributed by atoms with Crippen LogP contribution in [0.5, 0.6) is 0 Å². The molecule has 128 valence electrons. The minimum Gasteiger partial charge on any atom is -0.363 e. The first-order valence-electron chi connectivity index (χ1n) is 7.16. The summed E-state index contributed by atoms with van der Waals surface area (Å²) < 4.78 is 36.1. The van der Waals surface area contributed by atoms with Gasteiger partial charge in [0.1, 0.15) is 12.6 Å². The highest BCUT2D eigenvalue weighted by molar-refractivity contribution is 5.89. The number of alkyl halides is 3. The van der Waals surface area contributed by atoms with Crippen molar-refractivity contribution in [1.82, 2.24) is 10.6 Å². The zero-order valence-corrected chi connectivity index (χ0v) is 13.0. The highest BCUT2D eigenvalue weighted by Crippen LogP contribution is 2.13. The van der Waals surface area contributed by atoms with Crippen LogP contribution in [-0.4, -0.2) is 43.7 Å². The lowest BCUT2D eigenvalue weighted by atomic mass is 10.2. The summed E-state index contributed by atoms with van der Waals surface area (Å²) in [6.45, 7) is 2.38. The van der Waals surface area contributed by atoms with E-state index in [1.54, 1.807) is 10.2 Å². The molecule has 1 rings (SSSR count). The number of likely N-dealkylation sites (N-methyl/N-ethyl adjacent to an activating group) is 1. The van der Waals surface area contributed by atoms with E-state index >= 15 is 0 Å². The molecular formula is C15H20F3N3O2. The van der Waals surface area contributed by atoms with E-state index in [0.717, 1.165) is 5.69 Å². The zero-order chi connectivity index (χ0) is 17.5. The van der Waals surface area contributed by atoms with Crippen molar-refractivity contribution in [3.8, 4) is 0 Å². The van der Waals surface area contributed by atoms with E-state index in [9.17, 15) is 22.8 Å². The molecule has 1 aromatic carbocycles.